The summed E-state index contributed by atoms with van der Waals surface area (Å²) >= 11 is 0. The molecule has 1 N–H and O–H groups in total. The standard InChI is InChI=1S/C10H19NO/c1-3-9(10-7-12-8-10)4-2-6-11-5-1/h9-11H,1-8H2. The molecule has 2 heterocycles. The van der Waals surface area contributed by atoms with Gasteiger partial charge >= 0.3 is 0 Å². The van der Waals surface area contributed by atoms with Gasteiger partial charge < -0.3 is 10.1 Å². The van der Waals surface area contributed by atoms with Crippen molar-refractivity contribution in [3.63, 3.8) is 0 Å². The maximum Gasteiger partial charge on any atom is 0.0519 e. The number of nitrogens with one attached hydrogen (secondary N) is 1. The lowest BCUT2D eigenvalue weighted by atomic mass is 9.83. The lowest BCUT2D eigenvalue weighted by molar-refractivity contribution is -0.0651. The summed E-state index contributed by atoms with van der Waals surface area (Å²) in [7, 11) is 0. The fourth-order valence-corrected chi connectivity index (χ4v) is 2.25. The minimum atomic E-state index is 0.906. The Hall–Kier alpha value is -0.0800. The van der Waals surface area contributed by atoms with Crippen LogP contribution in [0.2, 0.25) is 0 Å². The summed E-state index contributed by atoms with van der Waals surface area (Å²) in [6.07, 6.45) is 5.56. The Morgan fingerprint density at radius 3 is 2.08 bits per heavy atom. The average Bonchev–Trinajstić information content (AvgIpc) is 1.90. The summed E-state index contributed by atoms with van der Waals surface area (Å²) in [5.74, 6) is 1.88. The fraction of sp³-hybridized carbons (Fsp3) is 1.00. The normalized spacial score (nSPS) is 29.0. The van der Waals surface area contributed by atoms with Gasteiger partial charge in [-0.2, -0.15) is 0 Å². The first-order chi connectivity index (χ1) is 5.97. The second-order valence-electron chi connectivity index (χ2n) is 4.09. The first kappa shape index (κ1) is 8.52. The topological polar surface area (TPSA) is 21.3 Å². The van der Waals surface area contributed by atoms with Gasteiger partial charge in [-0.1, -0.05) is 0 Å². The van der Waals surface area contributed by atoms with Crippen LogP contribution in [-0.2, 0) is 4.74 Å². The maximum atomic E-state index is 5.24. The van der Waals surface area contributed by atoms with E-state index in [-0.39, 0.29) is 0 Å². The van der Waals surface area contributed by atoms with Gasteiger partial charge in [0.05, 0.1) is 13.2 Å². The third kappa shape index (κ3) is 1.99. The summed E-state index contributed by atoms with van der Waals surface area (Å²) < 4.78 is 5.24. The summed E-state index contributed by atoms with van der Waals surface area (Å²) in [4.78, 5) is 0. The highest BCUT2D eigenvalue weighted by Gasteiger charge is 2.27. The largest absolute Gasteiger partial charge is 0.381 e. The molecule has 0 aliphatic carbocycles. The van der Waals surface area contributed by atoms with Crippen molar-refractivity contribution in [1.82, 2.24) is 5.32 Å². The molecule has 2 aliphatic heterocycles. The highest BCUT2D eigenvalue weighted by molar-refractivity contribution is 4.77. The Morgan fingerprint density at radius 1 is 0.917 bits per heavy atom. The van der Waals surface area contributed by atoms with Gasteiger partial charge in [0.1, 0.15) is 0 Å². The summed E-state index contributed by atoms with van der Waals surface area (Å²) in [5, 5.41) is 3.45. The van der Waals surface area contributed by atoms with E-state index < -0.39 is 0 Å². The predicted molar refractivity (Wildman–Crippen MR) is 49.1 cm³/mol. The number of hydrogen-bond donors (Lipinski definition) is 1. The van der Waals surface area contributed by atoms with Crippen molar-refractivity contribution in [3.8, 4) is 0 Å². The SMILES string of the molecule is C1CNCCCC(C2COC2)C1. The molecule has 0 unspecified atom stereocenters. The van der Waals surface area contributed by atoms with Gasteiger partial charge in [-0.15, -0.1) is 0 Å². The zero-order chi connectivity index (χ0) is 8.23. The molecule has 2 rings (SSSR count). The molecule has 0 aromatic heterocycles. The monoisotopic (exact) mass is 169 g/mol. The molecule has 12 heavy (non-hydrogen) atoms. The minimum Gasteiger partial charge on any atom is -0.381 e. The van der Waals surface area contributed by atoms with Gasteiger partial charge in [-0.05, 0) is 44.7 Å². The third-order valence-corrected chi connectivity index (χ3v) is 3.19. The van der Waals surface area contributed by atoms with Crippen molar-refractivity contribution in [2.45, 2.75) is 25.7 Å². The van der Waals surface area contributed by atoms with Crippen molar-refractivity contribution in [2.75, 3.05) is 26.3 Å². The molecule has 0 aromatic carbocycles. The van der Waals surface area contributed by atoms with Crippen LogP contribution in [0.3, 0.4) is 0 Å². The van der Waals surface area contributed by atoms with Crippen LogP contribution in [0, 0.1) is 11.8 Å². The Bertz CT molecular complexity index is 126. The van der Waals surface area contributed by atoms with Crippen LogP contribution in [0.5, 0.6) is 0 Å². The van der Waals surface area contributed by atoms with Crippen LogP contribution in [0.4, 0.5) is 0 Å². The molecule has 0 atom stereocenters. The van der Waals surface area contributed by atoms with Crippen molar-refractivity contribution < 1.29 is 4.74 Å². The minimum absolute atomic E-state index is 0.906. The second kappa shape index (κ2) is 4.24. The Labute approximate surface area is 74.7 Å². The Balaban J connectivity index is 1.77. The molecule has 0 aromatic rings. The quantitative estimate of drug-likeness (QED) is 0.641. The molecule has 2 heteroatoms. The third-order valence-electron chi connectivity index (χ3n) is 3.19. The van der Waals surface area contributed by atoms with E-state index in [2.05, 4.69) is 5.32 Å². The molecular weight excluding hydrogens is 150 g/mol. The van der Waals surface area contributed by atoms with Crippen LogP contribution in [0.25, 0.3) is 0 Å². The lowest BCUT2D eigenvalue weighted by Gasteiger charge is -2.34. The van der Waals surface area contributed by atoms with Crippen LogP contribution in [-0.4, -0.2) is 26.3 Å². The van der Waals surface area contributed by atoms with E-state index in [1.807, 2.05) is 0 Å². The van der Waals surface area contributed by atoms with Gasteiger partial charge in [-0.3, -0.25) is 0 Å². The van der Waals surface area contributed by atoms with E-state index >= 15 is 0 Å². The predicted octanol–water partition coefficient (Wildman–Crippen LogP) is 1.41. The molecule has 0 spiro atoms. The Morgan fingerprint density at radius 2 is 1.58 bits per heavy atom. The van der Waals surface area contributed by atoms with Gasteiger partial charge in [0.2, 0.25) is 0 Å². The molecule has 0 saturated carbocycles. The highest BCUT2D eigenvalue weighted by atomic mass is 16.5. The number of hydrogen-bond acceptors (Lipinski definition) is 2. The van der Waals surface area contributed by atoms with Gasteiger partial charge in [0.15, 0.2) is 0 Å². The molecule has 70 valence electrons. The number of rotatable bonds is 1. The van der Waals surface area contributed by atoms with Crippen molar-refractivity contribution >= 4 is 0 Å². The van der Waals surface area contributed by atoms with E-state index in [1.165, 1.54) is 38.8 Å². The van der Waals surface area contributed by atoms with E-state index in [0.717, 1.165) is 25.0 Å². The Kier molecular flexibility index (Phi) is 3.01. The average molecular weight is 169 g/mol. The van der Waals surface area contributed by atoms with E-state index in [4.69, 9.17) is 4.74 Å². The fourth-order valence-electron chi connectivity index (χ4n) is 2.25. The highest BCUT2D eigenvalue weighted by Crippen LogP contribution is 2.29. The molecule has 2 fully saturated rings. The van der Waals surface area contributed by atoms with Crippen LogP contribution < -0.4 is 5.32 Å². The van der Waals surface area contributed by atoms with Gasteiger partial charge in [-0.25, -0.2) is 0 Å². The zero-order valence-electron chi connectivity index (χ0n) is 7.72. The molecular formula is C10H19NO. The van der Waals surface area contributed by atoms with Crippen molar-refractivity contribution in [2.24, 2.45) is 11.8 Å². The molecule has 0 amide bonds. The van der Waals surface area contributed by atoms with E-state index in [1.54, 1.807) is 0 Å². The molecule has 2 nitrogen and oxygen atoms in total. The first-order valence-electron chi connectivity index (χ1n) is 5.25. The smallest absolute Gasteiger partial charge is 0.0519 e. The second-order valence-corrected chi connectivity index (χ2v) is 4.09. The van der Waals surface area contributed by atoms with Crippen molar-refractivity contribution in [3.05, 3.63) is 0 Å². The lowest BCUT2D eigenvalue weighted by Crippen LogP contribution is -2.36. The molecule has 0 radical (unpaired) electrons. The summed E-state index contributed by atoms with van der Waals surface area (Å²) in [5.41, 5.74) is 0. The summed E-state index contributed by atoms with van der Waals surface area (Å²) in [6, 6.07) is 0. The van der Waals surface area contributed by atoms with Gasteiger partial charge in [0.25, 0.3) is 0 Å². The number of ether oxygens (including phenoxy) is 1. The summed E-state index contributed by atoms with van der Waals surface area (Å²) in [6.45, 7) is 4.53. The zero-order valence-corrected chi connectivity index (χ0v) is 7.72. The molecule has 0 bridgehead atoms. The van der Waals surface area contributed by atoms with Crippen LogP contribution in [0.1, 0.15) is 25.7 Å². The van der Waals surface area contributed by atoms with Gasteiger partial charge in [0, 0.05) is 5.92 Å². The first-order valence-corrected chi connectivity index (χ1v) is 5.25. The van der Waals surface area contributed by atoms with Crippen LogP contribution in [0.15, 0.2) is 0 Å². The maximum absolute atomic E-state index is 5.24. The van der Waals surface area contributed by atoms with E-state index in [9.17, 15) is 0 Å². The molecule has 2 saturated heterocycles. The molecule has 2 aliphatic rings. The van der Waals surface area contributed by atoms with Crippen molar-refractivity contribution in [1.29, 1.82) is 0 Å². The van der Waals surface area contributed by atoms with E-state index in [0.29, 0.717) is 0 Å². The van der Waals surface area contributed by atoms with Crippen LogP contribution >= 0.6 is 0 Å².